The number of amides is 2. The molecule has 0 aromatic rings. The van der Waals surface area contributed by atoms with Crippen LogP contribution in [0.25, 0.3) is 0 Å². The maximum atomic E-state index is 12.1. The summed E-state index contributed by atoms with van der Waals surface area (Å²) >= 11 is 0. The van der Waals surface area contributed by atoms with E-state index in [0.717, 1.165) is 12.8 Å². The molecule has 5 heteroatoms. The molecule has 1 rings (SSSR count). The highest BCUT2D eigenvalue weighted by Crippen LogP contribution is 2.37. The summed E-state index contributed by atoms with van der Waals surface area (Å²) in [6.07, 6.45) is 2.89. The quantitative estimate of drug-likeness (QED) is 0.753. The number of carbonyl (C=O) groups is 2. The molecule has 0 saturated heterocycles. The number of nitrogens with two attached hydrogens (primary N) is 1. The van der Waals surface area contributed by atoms with E-state index in [-0.39, 0.29) is 11.8 Å². The number of primary amides is 1. The Hall–Kier alpha value is -1.57. The highest BCUT2D eigenvalue weighted by molar-refractivity contribution is 5.91. The lowest BCUT2D eigenvalue weighted by Gasteiger charge is -2.25. The molecule has 0 aliphatic heterocycles. The van der Waals surface area contributed by atoms with E-state index in [1.54, 1.807) is 0 Å². The van der Waals surface area contributed by atoms with Crippen LogP contribution >= 0.6 is 0 Å². The van der Waals surface area contributed by atoms with Gasteiger partial charge in [-0.1, -0.05) is 26.7 Å². The molecule has 94 valence electrons. The first-order chi connectivity index (χ1) is 7.93. The van der Waals surface area contributed by atoms with Crippen LogP contribution in [0.4, 0.5) is 0 Å². The van der Waals surface area contributed by atoms with Crippen molar-refractivity contribution in [1.29, 1.82) is 5.26 Å². The van der Waals surface area contributed by atoms with Gasteiger partial charge in [-0.25, -0.2) is 0 Å². The van der Waals surface area contributed by atoms with Crippen molar-refractivity contribution in [1.82, 2.24) is 5.32 Å². The van der Waals surface area contributed by atoms with Gasteiger partial charge in [-0.3, -0.25) is 9.59 Å². The molecule has 1 aliphatic rings. The van der Waals surface area contributed by atoms with Crippen LogP contribution in [0.1, 0.15) is 39.5 Å². The Kier molecular flexibility index (Phi) is 4.11. The van der Waals surface area contributed by atoms with E-state index < -0.39 is 17.4 Å². The molecule has 1 saturated carbocycles. The Balaban J connectivity index is 2.77. The van der Waals surface area contributed by atoms with E-state index >= 15 is 0 Å². The maximum Gasteiger partial charge on any atom is 0.241 e. The first-order valence-electron chi connectivity index (χ1n) is 5.94. The van der Waals surface area contributed by atoms with Crippen molar-refractivity contribution in [2.75, 3.05) is 0 Å². The van der Waals surface area contributed by atoms with E-state index in [4.69, 9.17) is 11.0 Å². The smallest absolute Gasteiger partial charge is 0.241 e. The van der Waals surface area contributed by atoms with Crippen LogP contribution < -0.4 is 11.1 Å². The lowest BCUT2D eigenvalue weighted by atomic mass is 9.86. The second-order valence-electron chi connectivity index (χ2n) is 5.00. The third-order valence-electron chi connectivity index (χ3n) is 3.37. The summed E-state index contributed by atoms with van der Waals surface area (Å²) in [7, 11) is 0. The van der Waals surface area contributed by atoms with Crippen molar-refractivity contribution in [2.45, 2.75) is 45.6 Å². The van der Waals surface area contributed by atoms with E-state index in [2.05, 4.69) is 11.4 Å². The van der Waals surface area contributed by atoms with Crippen molar-refractivity contribution >= 4 is 11.8 Å². The molecular formula is C12H19N3O2. The van der Waals surface area contributed by atoms with Crippen molar-refractivity contribution in [2.24, 2.45) is 17.1 Å². The predicted octanol–water partition coefficient (Wildman–Crippen LogP) is 0.696. The Morgan fingerprint density at radius 3 is 2.24 bits per heavy atom. The summed E-state index contributed by atoms with van der Waals surface area (Å²) in [5, 5.41) is 11.8. The summed E-state index contributed by atoms with van der Waals surface area (Å²) < 4.78 is 0. The van der Waals surface area contributed by atoms with E-state index in [1.807, 2.05) is 13.8 Å². The summed E-state index contributed by atoms with van der Waals surface area (Å²) in [5.41, 5.74) is 4.28. The fourth-order valence-electron chi connectivity index (χ4n) is 2.21. The van der Waals surface area contributed by atoms with Gasteiger partial charge in [0.2, 0.25) is 11.8 Å². The van der Waals surface area contributed by atoms with Crippen LogP contribution in [-0.4, -0.2) is 17.9 Å². The minimum Gasteiger partial charge on any atom is -0.368 e. The third kappa shape index (κ3) is 2.76. The van der Waals surface area contributed by atoms with Crippen LogP contribution in [0.3, 0.4) is 0 Å². The molecule has 0 radical (unpaired) electrons. The van der Waals surface area contributed by atoms with Gasteiger partial charge in [0.25, 0.3) is 0 Å². The molecule has 0 spiro atoms. The fraction of sp³-hybridized carbons (Fsp3) is 0.750. The summed E-state index contributed by atoms with van der Waals surface area (Å²) in [4.78, 5) is 23.3. The fourth-order valence-corrected chi connectivity index (χ4v) is 2.21. The van der Waals surface area contributed by atoms with Gasteiger partial charge in [-0.15, -0.1) is 0 Å². The average Bonchev–Trinajstić information content (AvgIpc) is 2.74. The molecule has 0 heterocycles. The van der Waals surface area contributed by atoms with Gasteiger partial charge >= 0.3 is 0 Å². The topological polar surface area (TPSA) is 96.0 Å². The molecule has 3 N–H and O–H groups in total. The lowest BCUT2D eigenvalue weighted by Crippen LogP contribution is -2.51. The zero-order chi connectivity index (χ0) is 13.1. The van der Waals surface area contributed by atoms with Gasteiger partial charge in [0.1, 0.15) is 11.5 Å². The minimum atomic E-state index is -0.956. The van der Waals surface area contributed by atoms with Gasteiger partial charge in [0.15, 0.2) is 0 Å². The Bertz CT molecular complexity index is 351. The zero-order valence-electron chi connectivity index (χ0n) is 10.3. The van der Waals surface area contributed by atoms with Crippen molar-refractivity contribution in [3.63, 3.8) is 0 Å². The zero-order valence-corrected chi connectivity index (χ0v) is 10.3. The van der Waals surface area contributed by atoms with E-state index in [9.17, 15) is 9.59 Å². The SMILES string of the molecule is CC(C)C(NC(=O)C1(C#N)CCCC1)C(N)=O. The van der Waals surface area contributed by atoms with Gasteiger partial charge in [0, 0.05) is 0 Å². The Labute approximate surface area is 101 Å². The second-order valence-corrected chi connectivity index (χ2v) is 5.00. The molecule has 0 aromatic heterocycles. The molecule has 0 aromatic carbocycles. The summed E-state index contributed by atoms with van der Waals surface area (Å²) in [6, 6.07) is 1.40. The minimum absolute atomic E-state index is 0.0754. The highest BCUT2D eigenvalue weighted by atomic mass is 16.2. The monoisotopic (exact) mass is 237 g/mol. The molecule has 17 heavy (non-hydrogen) atoms. The van der Waals surface area contributed by atoms with Crippen LogP contribution in [0.15, 0.2) is 0 Å². The Morgan fingerprint density at radius 1 is 1.35 bits per heavy atom. The molecular weight excluding hydrogens is 218 g/mol. The number of nitriles is 1. The second kappa shape index (κ2) is 5.17. The van der Waals surface area contributed by atoms with Gasteiger partial charge < -0.3 is 11.1 Å². The number of rotatable bonds is 4. The number of hydrogen-bond donors (Lipinski definition) is 2. The molecule has 1 atom stereocenters. The van der Waals surface area contributed by atoms with Crippen LogP contribution in [0.5, 0.6) is 0 Å². The third-order valence-corrected chi connectivity index (χ3v) is 3.37. The first-order valence-corrected chi connectivity index (χ1v) is 5.94. The van der Waals surface area contributed by atoms with Gasteiger partial charge in [-0.2, -0.15) is 5.26 Å². The van der Waals surface area contributed by atoms with Crippen LogP contribution in [-0.2, 0) is 9.59 Å². The molecule has 1 fully saturated rings. The largest absolute Gasteiger partial charge is 0.368 e. The highest BCUT2D eigenvalue weighted by Gasteiger charge is 2.42. The number of hydrogen-bond acceptors (Lipinski definition) is 3. The number of nitrogens with zero attached hydrogens (tertiary/aromatic N) is 1. The number of nitrogens with one attached hydrogen (secondary N) is 1. The molecule has 2 amide bonds. The van der Waals surface area contributed by atoms with E-state index in [0.29, 0.717) is 12.8 Å². The predicted molar refractivity (Wildman–Crippen MR) is 62.5 cm³/mol. The van der Waals surface area contributed by atoms with Crippen LogP contribution in [0, 0.1) is 22.7 Å². The van der Waals surface area contributed by atoms with E-state index in [1.165, 1.54) is 0 Å². The average molecular weight is 237 g/mol. The molecule has 1 aliphatic carbocycles. The van der Waals surface area contributed by atoms with Gasteiger partial charge in [0.05, 0.1) is 6.07 Å². The Morgan fingerprint density at radius 2 is 1.88 bits per heavy atom. The number of carbonyl (C=O) groups excluding carboxylic acids is 2. The molecule has 5 nitrogen and oxygen atoms in total. The van der Waals surface area contributed by atoms with Crippen molar-refractivity contribution in [3.05, 3.63) is 0 Å². The van der Waals surface area contributed by atoms with Crippen molar-refractivity contribution < 1.29 is 9.59 Å². The standard InChI is InChI=1S/C12H19N3O2/c1-8(2)9(10(14)16)15-11(17)12(7-13)5-3-4-6-12/h8-9H,3-6H2,1-2H3,(H2,14,16)(H,15,17). The normalized spacial score (nSPS) is 19.6. The molecule has 1 unspecified atom stereocenters. The molecule has 0 bridgehead atoms. The van der Waals surface area contributed by atoms with Crippen LogP contribution in [0.2, 0.25) is 0 Å². The first kappa shape index (κ1) is 13.5. The van der Waals surface area contributed by atoms with Gasteiger partial charge in [-0.05, 0) is 18.8 Å². The summed E-state index contributed by atoms with van der Waals surface area (Å²) in [6.45, 7) is 3.62. The van der Waals surface area contributed by atoms with Crippen molar-refractivity contribution in [3.8, 4) is 6.07 Å². The summed E-state index contributed by atoms with van der Waals surface area (Å²) in [5.74, 6) is -0.983. The maximum absolute atomic E-state index is 12.1. The lowest BCUT2D eigenvalue weighted by molar-refractivity contribution is -0.133.